The normalized spacial score (nSPS) is 11.7. The first kappa shape index (κ1) is 15.1. The van der Waals surface area contributed by atoms with E-state index in [4.69, 9.17) is 14.2 Å². The Hall–Kier alpha value is -0.980. The molecule has 4 nitrogen and oxygen atoms in total. The van der Waals surface area contributed by atoms with Crippen molar-refractivity contribution in [1.29, 1.82) is 0 Å². The second-order valence-electron chi connectivity index (χ2n) is 3.67. The molecule has 0 fully saturated rings. The average Bonchev–Trinajstić information content (AvgIpc) is 2.42. The fraction of sp³-hybridized carbons (Fsp3) is 0.462. The number of ether oxygens (including phenoxy) is 3. The van der Waals surface area contributed by atoms with E-state index in [2.05, 4.69) is 22.6 Å². The van der Waals surface area contributed by atoms with E-state index in [-0.39, 0.29) is 6.10 Å². The molecular formula is C13H17IO4. The van der Waals surface area contributed by atoms with Gasteiger partial charge in [-0.2, -0.15) is 0 Å². The van der Waals surface area contributed by atoms with E-state index >= 15 is 0 Å². The molecule has 1 unspecified atom stereocenters. The predicted octanol–water partition coefficient (Wildman–Crippen LogP) is 3.13. The van der Waals surface area contributed by atoms with Gasteiger partial charge >= 0.3 is 0 Å². The van der Waals surface area contributed by atoms with Crippen molar-refractivity contribution in [2.45, 2.75) is 18.9 Å². The molecule has 1 atom stereocenters. The van der Waals surface area contributed by atoms with Crippen LogP contribution < -0.4 is 9.47 Å². The second-order valence-corrected chi connectivity index (χ2v) is 4.75. The number of rotatable bonds is 8. The number of methoxy groups -OCH3 is 2. The minimum absolute atomic E-state index is 0.225. The van der Waals surface area contributed by atoms with Crippen LogP contribution in [0.1, 0.15) is 24.5 Å². The number of carbonyl (C=O) groups excluding carboxylic acids is 1. The SMILES string of the molecule is COc1ccc(C(CCCI)OC=O)cc1OC. The van der Waals surface area contributed by atoms with Crippen molar-refractivity contribution in [3.63, 3.8) is 0 Å². The minimum Gasteiger partial charge on any atom is -0.493 e. The minimum atomic E-state index is -0.225. The number of halogens is 1. The van der Waals surface area contributed by atoms with Gasteiger partial charge < -0.3 is 14.2 Å². The molecule has 0 heterocycles. The van der Waals surface area contributed by atoms with Gasteiger partial charge in [0.15, 0.2) is 11.5 Å². The summed E-state index contributed by atoms with van der Waals surface area (Å²) in [6.45, 7) is 0.495. The van der Waals surface area contributed by atoms with E-state index in [1.54, 1.807) is 14.2 Å². The molecule has 0 aliphatic carbocycles. The Morgan fingerprint density at radius 1 is 1.28 bits per heavy atom. The fourth-order valence-corrected chi connectivity index (χ4v) is 2.14. The third-order valence-electron chi connectivity index (χ3n) is 2.60. The molecule has 18 heavy (non-hydrogen) atoms. The molecule has 100 valence electrons. The molecule has 1 aromatic rings. The van der Waals surface area contributed by atoms with Crippen LogP contribution in [0.4, 0.5) is 0 Å². The van der Waals surface area contributed by atoms with Gasteiger partial charge in [0.2, 0.25) is 0 Å². The maximum Gasteiger partial charge on any atom is 0.293 e. The van der Waals surface area contributed by atoms with E-state index < -0.39 is 0 Å². The zero-order chi connectivity index (χ0) is 13.4. The zero-order valence-corrected chi connectivity index (χ0v) is 12.7. The quantitative estimate of drug-likeness (QED) is 0.404. The van der Waals surface area contributed by atoms with Gasteiger partial charge in [0.05, 0.1) is 14.2 Å². The molecule has 0 saturated heterocycles. The smallest absolute Gasteiger partial charge is 0.293 e. The van der Waals surface area contributed by atoms with Crippen molar-refractivity contribution >= 4 is 29.1 Å². The van der Waals surface area contributed by atoms with Gasteiger partial charge in [0.25, 0.3) is 6.47 Å². The largest absolute Gasteiger partial charge is 0.493 e. The molecule has 0 bridgehead atoms. The molecule has 0 aromatic heterocycles. The Bertz CT molecular complexity index is 381. The van der Waals surface area contributed by atoms with Crippen molar-refractivity contribution in [2.24, 2.45) is 0 Å². The van der Waals surface area contributed by atoms with Crippen LogP contribution in [0.5, 0.6) is 11.5 Å². The van der Waals surface area contributed by atoms with E-state index in [1.807, 2.05) is 18.2 Å². The summed E-state index contributed by atoms with van der Waals surface area (Å²) < 4.78 is 16.6. The Kier molecular flexibility index (Phi) is 6.85. The molecule has 0 aliphatic heterocycles. The van der Waals surface area contributed by atoms with Gasteiger partial charge in [-0.15, -0.1) is 0 Å². The maximum atomic E-state index is 10.5. The van der Waals surface area contributed by atoms with Gasteiger partial charge in [-0.1, -0.05) is 28.7 Å². The van der Waals surface area contributed by atoms with Crippen LogP contribution in [0.2, 0.25) is 0 Å². The zero-order valence-electron chi connectivity index (χ0n) is 10.5. The standard InChI is InChI=1S/C13H17IO4/c1-16-12-6-5-10(8-13(12)17-2)11(18-9-15)4-3-7-14/h5-6,8-9,11H,3-4,7H2,1-2H3. The van der Waals surface area contributed by atoms with Crippen LogP contribution >= 0.6 is 22.6 Å². The highest BCUT2D eigenvalue weighted by Crippen LogP contribution is 2.32. The van der Waals surface area contributed by atoms with Gasteiger partial charge in [-0.05, 0) is 35.0 Å². The highest BCUT2D eigenvalue weighted by atomic mass is 127. The summed E-state index contributed by atoms with van der Waals surface area (Å²) in [7, 11) is 3.18. The number of carbonyl (C=O) groups is 1. The van der Waals surface area contributed by atoms with E-state index in [0.717, 1.165) is 22.8 Å². The molecule has 1 aromatic carbocycles. The molecule has 0 saturated carbocycles. The van der Waals surface area contributed by atoms with Crippen molar-refractivity contribution < 1.29 is 19.0 Å². The van der Waals surface area contributed by atoms with Gasteiger partial charge in [-0.25, -0.2) is 0 Å². The number of hydrogen-bond acceptors (Lipinski definition) is 4. The third-order valence-corrected chi connectivity index (χ3v) is 3.36. The molecule has 0 radical (unpaired) electrons. The lowest BCUT2D eigenvalue weighted by molar-refractivity contribution is -0.134. The van der Waals surface area contributed by atoms with E-state index in [9.17, 15) is 4.79 Å². The summed E-state index contributed by atoms with van der Waals surface area (Å²) in [5, 5.41) is 0. The van der Waals surface area contributed by atoms with Crippen LogP contribution in [0, 0.1) is 0 Å². The fourth-order valence-electron chi connectivity index (χ4n) is 1.70. The number of alkyl halides is 1. The van der Waals surface area contributed by atoms with Crippen molar-refractivity contribution in [1.82, 2.24) is 0 Å². The Labute approximate surface area is 121 Å². The summed E-state index contributed by atoms with van der Waals surface area (Å²) in [5.74, 6) is 1.31. The van der Waals surface area contributed by atoms with Crippen LogP contribution in [0.15, 0.2) is 18.2 Å². The molecule has 1 rings (SSSR count). The first-order chi connectivity index (χ1) is 8.76. The second kappa shape index (κ2) is 8.18. The van der Waals surface area contributed by atoms with Crippen molar-refractivity contribution in [2.75, 3.05) is 18.6 Å². The predicted molar refractivity (Wildman–Crippen MR) is 77.6 cm³/mol. The highest BCUT2D eigenvalue weighted by Gasteiger charge is 2.14. The van der Waals surface area contributed by atoms with Crippen molar-refractivity contribution in [3.8, 4) is 11.5 Å². The summed E-state index contributed by atoms with van der Waals surface area (Å²) in [6, 6.07) is 5.56. The molecule has 5 heteroatoms. The van der Waals surface area contributed by atoms with E-state index in [0.29, 0.717) is 18.0 Å². The van der Waals surface area contributed by atoms with Crippen LogP contribution in [0.25, 0.3) is 0 Å². The average molecular weight is 364 g/mol. The van der Waals surface area contributed by atoms with E-state index in [1.165, 1.54) is 0 Å². The van der Waals surface area contributed by atoms with Gasteiger partial charge in [0, 0.05) is 0 Å². The number of benzene rings is 1. The summed E-state index contributed by atoms with van der Waals surface area (Å²) in [6.07, 6.45) is 1.57. The lowest BCUT2D eigenvalue weighted by Crippen LogP contribution is -2.04. The topological polar surface area (TPSA) is 44.8 Å². The summed E-state index contributed by atoms with van der Waals surface area (Å²) in [4.78, 5) is 10.5. The third kappa shape index (κ3) is 4.04. The monoisotopic (exact) mass is 364 g/mol. The molecule has 0 amide bonds. The lowest BCUT2D eigenvalue weighted by atomic mass is 10.0. The maximum absolute atomic E-state index is 10.5. The van der Waals surface area contributed by atoms with Crippen LogP contribution in [0.3, 0.4) is 0 Å². The molecule has 0 aliphatic rings. The molecule has 0 spiro atoms. The van der Waals surface area contributed by atoms with Crippen LogP contribution in [-0.4, -0.2) is 25.1 Å². The Morgan fingerprint density at radius 3 is 2.56 bits per heavy atom. The summed E-state index contributed by atoms with van der Waals surface area (Å²) in [5.41, 5.74) is 0.921. The van der Waals surface area contributed by atoms with Gasteiger partial charge in [-0.3, -0.25) is 4.79 Å². The number of hydrogen-bond donors (Lipinski definition) is 0. The van der Waals surface area contributed by atoms with Crippen LogP contribution in [-0.2, 0) is 9.53 Å². The molecular weight excluding hydrogens is 347 g/mol. The van der Waals surface area contributed by atoms with Gasteiger partial charge in [0.1, 0.15) is 6.10 Å². The molecule has 0 N–H and O–H groups in total. The lowest BCUT2D eigenvalue weighted by Gasteiger charge is -2.17. The summed E-state index contributed by atoms with van der Waals surface area (Å²) >= 11 is 2.31. The first-order valence-electron chi connectivity index (χ1n) is 5.63. The first-order valence-corrected chi connectivity index (χ1v) is 7.16. The highest BCUT2D eigenvalue weighted by molar-refractivity contribution is 14.1. The Balaban J connectivity index is 2.93. The van der Waals surface area contributed by atoms with Crippen molar-refractivity contribution in [3.05, 3.63) is 23.8 Å². The Morgan fingerprint density at radius 2 is 2.00 bits per heavy atom.